The number of carbonyl (C=O) groups is 2. The van der Waals surface area contributed by atoms with Gasteiger partial charge in [-0.25, -0.2) is 0 Å². The van der Waals surface area contributed by atoms with Gasteiger partial charge in [-0.1, -0.05) is 30.3 Å². The summed E-state index contributed by atoms with van der Waals surface area (Å²) in [6.45, 7) is 1.75. The summed E-state index contributed by atoms with van der Waals surface area (Å²) >= 11 is 0. The molecule has 3 aromatic rings. The lowest BCUT2D eigenvalue weighted by molar-refractivity contribution is -0.130. The van der Waals surface area contributed by atoms with Gasteiger partial charge in [0.05, 0.1) is 13.0 Å². The predicted octanol–water partition coefficient (Wildman–Crippen LogP) is 4.08. The van der Waals surface area contributed by atoms with Crippen LogP contribution in [0, 0.1) is 0 Å². The first-order valence-corrected chi connectivity index (χ1v) is 12.9. The number of ether oxygens (including phenoxy) is 3. The summed E-state index contributed by atoms with van der Waals surface area (Å²) in [7, 11) is 0. The highest BCUT2D eigenvalue weighted by molar-refractivity contribution is 5.94. The Kier molecular flexibility index (Phi) is 6.43. The first kappa shape index (κ1) is 23.4. The first-order chi connectivity index (χ1) is 18.1. The van der Waals surface area contributed by atoms with Crippen LogP contribution in [0.2, 0.25) is 0 Å². The predicted molar refractivity (Wildman–Crippen MR) is 138 cm³/mol. The van der Waals surface area contributed by atoms with Crippen molar-refractivity contribution in [3.63, 3.8) is 0 Å². The van der Waals surface area contributed by atoms with Crippen LogP contribution in [0.4, 0.5) is 0 Å². The average Bonchev–Trinajstić information content (AvgIpc) is 3.65. The van der Waals surface area contributed by atoms with Crippen LogP contribution >= 0.6 is 0 Å². The minimum Gasteiger partial charge on any atom is -0.491 e. The molecule has 2 aliphatic heterocycles. The third kappa shape index (κ3) is 5.40. The van der Waals surface area contributed by atoms with Gasteiger partial charge in [-0.05, 0) is 71.3 Å². The highest BCUT2D eigenvalue weighted by Crippen LogP contribution is 2.41. The van der Waals surface area contributed by atoms with Crippen LogP contribution in [0.25, 0.3) is 0 Å². The van der Waals surface area contributed by atoms with Crippen molar-refractivity contribution in [3.05, 3.63) is 88.5 Å². The quantitative estimate of drug-likeness (QED) is 0.589. The zero-order valence-corrected chi connectivity index (χ0v) is 20.7. The van der Waals surface area contributed by atoms with Crippen LogP contribution in [-0.4, -0.2) is 49.7 Å². The molecule has 7 heteroatoms. The zero-order chi connectivity index (χ0) is 25.2. The number of nitrogens with zero attached hydrogens (tertiary/aromatic N) is 1. The number of fused-ring (bicyclic) bond motifs is 4. The summed E-state index contributed by atoms with van der Waals surface area (Å²) in [5, 5.41) is 2.97. The molecule has 37 heavy (non-hydrogen) atoms. The monoisotopic (exact) mass is 498 g/mol. The van der Waals surface area contributed by atoms with Gasteiger partial charge < -0.3 is 24.4 Å². The standard InChI is InChI=1S/C30H30N2O5/c33-29(17-21-4-8-27-28(16-21)37-19-36-27)32-11-10-31-30(34)24-3-1-2-20(14-24)15-25-18-23(22-5-6-22)7-9-26(25)35-13-12-32/h1-4,7-9,14,16,18,22H,5-6,10-13,15,17,19H2,(H,31,34). The van der Waals surface area contributed by atoms with E-state index in [4.69, 9.17) is 14.2 Å². The van der Waals surface area contributed by atoms with E-state index in [0.717, 1.165) is 22.4 Å². The minimum atomic E-state index is -0.134. The molecule has 2 amide bonds. The van der Waals surface area contributed by atoms with Crippen LogP contribution in [0.1, 0.15) is 51.4 Å². The van der Waals surface area contributed by atoms with Crippen molar-refractivity contribution in [1.82, 2.24) is 10.2 Å². The van der Waals surface area contributed by atoms with Crippen molar-refractivity contribution >= 4 is 11.8 Å². The van der Waals surface area contributed by atoms with Gasteiger partial charge in [0, 0.05) is 25.1 Å². The summed E-state index contributed by atoms with van der Waals surface area (Å²) in [6.07, 6.45) is 3.38. The molecule has 1 fully saturated rings. The number of hydrogen-bond acceptors (Lipinski definition) is 5. The van der Waals surface area contributed by atoms with Gasteiger partial charge in [0.25, 0.3) is 5.91 Å². The Balaban J connectivity index is 1.23. The Bertz CT molecular complexity index is 1330. The van der Waals surface area contributed by atoms with Gasteiger partial charge in [0.2, 0.25) is 12.7 Å². The van der Waals surface area contributed by atoms with Crippen molar-refractivity contribution in [2.75, 3.05) is 33.0 Å². The molecule has 0 radical (unpaired) electrons. The van der Waals surface area contributed by atoms with Crippen LogP contribution in [0.15, 0.2) is 60.7 Å². The molecule has 1 saturated carbocycles. The molecule has 1 N–H and O–H groups in total. The summed E-state index contributed by atoms with van der Waals surface area (Å²) < 4.78 is 17.1. The fraction of sp³-hybridized carbons (Fsp3) is 0.333. The summed E-state index contributed by atoms with van der Waals surface area (Å²) in [5.74, 6) is 2.66. The number of hydrogen-bond donors (Lipinski definition) is 1. The van der Waals surface area contributed by atoms with E-state index < -0.39 is 0 Å². The second-order valence-electron chi connectivity index (χ2n) is 9.87. The van der Waals surface area contributed by atoms with Crippen molar-refractivity contribution in [3.8, 4) is 17.2 Å². The molecule has 0 aromatic heterocycles. The van der Waals surface area contributed by atoms with E-state index >= 15 is 0 Å². The maximum atomic E-state index is 13.3. The van der Waals surface area contributed by atoms with Gasteiger partial charge in [-0.3, -0.25) is 9.59 Å². The molecule has 2 heterocycles. The fourth-order valence-electron chi connectivity index (χ4n) is 4.96. The molecule has 190 valence electrons. The normalized spacial score (nSPS) is 17.3. The van der Waals surface area contributed by atoms with Gasteiger partial charge in [0.1, 0.15) is 12.4 Å². The van der Waals surface area contributed by atoms with Crippen molar-refractivity contribution in [2.24, 2.45) is 0 Å². The number of amides is 2. The second-order valence-corrected chi connectivity index (χ2v) is 9.87. The number of benzene rings is 3. The van der Waals surface area contributed by atoms with E-state index in [2.05, 4.69) is 23.5 Å². The zero-order valence-electron chi connectivity index (χ0n) is 20.7. The van der Waals surface area contributed by atoms with E-state index in [-0.39, 0.29) is 25.0 Å². The van der Waals surface area contributed by atoms with E-state index in [1.807, 2.05) is 42.5 Å². The lowest BCUT2D eigenvalue weighted by atomic mass is 9.98. The Morgan fingerprint density at radius 1 is 0.919 bits per heavy atom. The van der Waals surface area contributed by atoms with Crippen LogP contribution < -0.4 is 19.5 Å². The average molecular weight is 499 g/mol. The van der Waals surface area contributed by atoms with Crippen molar-refractivity contribution < 1.29 is 23.8 Å². The Hall–Kier alpha value is -4.00. The van der Waals surface area contributed by atoms with E-state index in [1.165, 1.54) is 18.4 Å². The van der Waals surface area contributed by atoms with Gasteiger partial charge >= 0.3 is 0 Å². The smallest absolute Gasteiger partial charge is 0.251 e. The molecule has 2 bridgehead atoms. The SMILES string of the molecule is O=C1NCCN(C(=O)Cc2ccc3c(c2)OCO3)CCOc2ccc(C3CC3)cc2Cc2cccc1c2. The van der Waals surface area contributed by atoms with Crippen LogP contribution in [0.5, 0.6) is 17.2 Å². The maximum absolute atomic E-state index is 13.3. The lowest BCUT2D eigenvalue weighted by Gasteiger charge is -2.24. The summed E-state index contributed by atoms with van der Waals surface area (Å²) in [5.41, 5.74) is 5.00. The van der Waals surface area contributed by atoms with Crippen molar-refractivity contribution in [1.29, 1.82) is 0 Å². The second kappa shape index (κ2) is 10.2. The van der Waals surface area contributed by atoms with E-state index in [1.54, 1.807) is 4.90 Å². The molecule has 3 aliphatic rings. The lowest BCUT2D eigenvalue weighted by Crippen LogP contribution is -2.41. The minimum absolute atomic E-state index is 0.0323. The first-order valence-electron chi connectivity index (χ1n) is 12.9. The van der Waals surface area contributed by atoms with E-state index in [0.29, 0.717) is 55.6 Å². The highest BCUT2D eigenvalue weighted by Gasteiger charge is 2.25. The fourth-order valence-corrected chi connectivity index (χ4v) is 4.96. The summed E-state index contributed by atoms with van der Waals surface area (Å²) in [4.78, 5) is 27.9. The third-order valence-corrected chi connectivity index (χ3v) is 7.15. The number of nitrogens with one attached hydrogen (secondary N) is 1. The summed E-state index contributed by atoms with van der Waals surface area (Å²) in [6, 6.07) is 19.8. The number of rotatable bonds is 3. The Morgan fingerprint density at radius 2 is 1.78 bits per heavy atom. The molecule has 6 rings (SSSR count). The van der Waals surface area contributed by atoms with E-state index in [9.17, 15) is 9.59 Å². The molecule has 0 unspecified atom stereocenters. The largest absolute Gasteiger partial charge is 0.491 e. The van der Waals surface area contributed by atoms with Gasteiger partial charge in [-0.15, -0.1) is 0 Å². The molecule has 7 nitrogen and oxygen atoms in total. The van der Waals surface area contributed by atoms with Crippen LogP contribution in [0.3, 0.4) is 0 Å². The van der Waals surface area contributed by atoms with Crippen LogP contribution in [-0.2, 0) is 17.6 Å². The number of carbonyl (C=O) groups excluding carboxylic acids is 2. The molecule has 3 aromatic carbocycles. The molecular weight excluding hydrogens is 468 g/mol. The van der Waals surface area contributed by atoms with Crippen molar-refractivity contribution in [2.45, 2.75) is 31.6 Å². The topological polar surface area (TPSA) is 77.1 Å². The molecule has 0 saturated heterocycles. The maximum Gasteiger partial charge on any atom is 0.251 e. The van der Waals surface area contributed by atoms with Gasteiger partial charge in [0.15, 0.2) is 11.5 Å². The van der Waals surface area contributed by atoms with Gasteiger partial charge in [-0.2, -0.15) is 0 Å². The molecule has 1 aliphatic carbocycles. The molecule has 0 spiro atoms. The third-order valence-electron chi connectivity index (χ3n) is 7.15. The molecule has 0 atom stereocenters. The Morgan fingerprint density at radius 3 is 2.68 bits per heavy atom. The molecular formula is C30H30N2O5. The Labute approximate surface area is 216 Å². The highest BCUT2D eigenvalue weighted by atomic mass is 16.7.